The maximum absolute atomic E-state index is 13.4. The van der Waals surface area contributed by atoms with E-state index < -0.39 is 35.3 Å². The lowest BCUT2D eigenvalue weighted by molar-refractivity contribution is -0.198. The van der Waals surface area contributed by atoms with Crippen LogP contribution in [0.2, 0.25) is 0 Å². The number of nitrogens with zero attached hydrogens (tertiary/aromatic N) is 2. The number of rotatable bonds is 15. The monoisotopic (exact) mass is 588 g/mol. The number of ether oxygens (including phenoxy) is 2. The largest absolute Gasteiger partial charge is 0.508 e. The van der Waals surface area contributed by atoms with Gasteiger partial charge in [-0.15, -0.1) is 0 Å². The summed E-state index contributed by atoms with van der Waals surface area (Å²) in [5.41, 5.74) is -1.52. The molecule has 0 saturated carbocycles. The van der Waals surface area contributed by atoms with Crippen LogP contribution in [0.1, 0.15) is 51.7 Å². The second-order valence-electron chi connectivity index (χ2n) is 11.6. The molecular weight excluding hydrogens is 540 g/mol. The highest BCUT2D eigenvalue weighted by Crippen LogP contribution is 2.41. The molecule has 0 aliphatic carbocycles. The smallest absolute Gasteiger partial charge is 0.339 e. The van der Waals surface area contributed by atoms with E-state index in [4.69, 9.17) is 9.47 Å². The standard InChI is InChI=1S/C32H48N2O8/c1-9-31(21(3)19-33(5)6,23-13-11-15-25(35)17-23)41-29(39)27(37)28(38)30(40)42-32(10-2,22(4)20-34(7)8)24-14-12-16-26(36)18-24/h11-18,21-22,27-28,35-38H,9-10,19-20H2,1-8H3/t21-,22-,27?,28?,31+,32+/m1/s1. The lowest BCUT2D eigenvalue weighted by atomic mass is 9.79. The third-order valence-corrected chi connectivity index (χ3v) is 7.94. The molecule has 4 N–H and O–H groups in total. The van der Waals surface area contributed by atoms with Crippen molar-refractivity contribution in [3.05, 3.63) is 59.7 Å². The maximum atomic E-state index is 13.4. The van der Waals surface area contributed by atoms with Crippen LogP contribution >= 0.6 is 0 Å². The number of aliphatic hydroxyl groups excluding tert-OH is 2. The SMILES string of the molecule is CC[C@@](OC(=O)C(O)C(O)C(=O)O[C@](CC)(c1cccc(O)c1)[C@H](C)CN(C)C)(c1cccc(O)c1)[C@H](C)CN(C)C. The van der Waals surface area contributed by atoms with E-state index in [2.05, 4.69) is 0 Å². The van der Waals surface area contributed by atoms with Crippen molar-refractivity contribution in [2.24, 2.45) is 11.8 Å². The van der Waals surface area contributed by atoms with E-state index in [1.165, 1.54) is 24.3 Å². The van der Waals surface area contributed by atoms with Crippen molar-refractivity contribution >= 4 is 11.9 Å². The number of aliphatic hydroxyl groups is 2. The molecule has 2 aromatic rings. The molecule has 42 heavy (non-hydrogen) atoms. The minimum atomic E-state index is -2.24. The van der Waals surface area contributed by atoms with E-state index >= 15 is 0 Å². The first-order valence-electron chi connectivity index (χ1n) is 14.3. The van der Waals surface area contributed by atoms with Crippen LogP contribution in [0.4, 0.5) is 0 Å². The van der Waals surface area contributed by atoms with Crippen molar-refractivity contribution in [1.29, 1.82) is 0 Å². The van der Waals surface area contributed by atoms with E-state index in [9.17, 15) is 30.0 Å². The third-order valence-electron chi connectivity index (χ3n) is 7.94. The molecule has 2 unspecified atom stereocenters. The van der Waals surface area contributed by atoms with Gasteiger partial charge in [0.25, 0.3) is 0 Å². The summed E-state index contributed by atoms with van der Waals surface area (Å²) < 4.78 is 11.9. The summed E-state index contributed by atoms with van der Waals surface area (Å²) in [6.07, 6.45) is -3.89. The first kappa shape index (κ1) is 35.0. The summed E-state index contributed by atoms with van der Waals surface area (Å²) in [7, 11) is 7.50. The molecule has 10 heteroatoms. The number of esters is 2. The summed E-state index contributed by atoms with van der Waals surface area (Å²) in [6.45, 7) is 8.41. The molecule has 0 fully saturated rings. The summed E-state index contributed by atoms with van der Waals surface area (Å²) in [5, 5.41) is 42.2. The van der Waals surface area contributed by atoms with Crippen LogP contribution in [0, 0.1) is 11.8 Å². The molecule has 6 atom stereocenters. The van der Waals surface area contributed by atoms with Gasteiger partial charge in [-0.3, -0.25) is 0 Å². The molecule has 2 aromatic carbocycles. The average molecular weight is 589 g/mol. The fourth-order valence-corrected chi connectivity index (χ4v) is 5.80. The van der Waals surface area contributed by atoms with Gasteiger partial charge in [0.1, 0.15) is 22.7 Å². The Morgan fingerprint density at radius 1 is 0.714 bits per heavy atom. The molecule has 0 amide bonds. The predicted molar refractivity (Wildman–Crippen MR) is 160 cm³/mol. The second kappa shape index (κ2) is 14.8. The molecule has 0 radical (unpaired) electrons. The lowest BCUT2D eigenvalue weighted by Gasteiger charge is -2.41. The quantitative estimate of drug-likeness (QED) is 0.229. The van der Waals surface area contributed by atoms with E-state index in [1.54, 1.807) is 24.3 Å². The summed E-state index contributed by atoms with van der Waals surface area (Å²) in [6, 6.07) is 12.7. The van der Waals surface area contributed by atoms with Crippen molar-refractivity contribution in [2.75, 3.05) is 41.3 Å². The van der Waals surface area contributed by atoms with Gasteiger partial charge in [0, 0.05) is 24.9 Å². The van der Waals surface area contributed by atoms with Crippen molar-refractivity contribution in [3.63, 3.8) is 0 Å². The number of hydrogen-bond acceptors (Lipinski definition) is 10. The van der Waals surface area contributed by atoms with Crippen molar-refractivity contribution in [2.45, 2.75) is 63.9 Å². The van der Waals surface area contributed by atoms with Crippen LogP contribution in [-0.4, -0.2) is 95.7 Å². The molecule has 0 aromatic heterocycles. The van der Waals surface area contributed by atoms with Gasteiger partial charge in [-0.1, -0.05) is 52.0 Å². The number of carbonyl (C=O) groups is 2. The Morgan fingerprint density at radius 2 is 1.05 bits per heavy atom. The summed E-state index contributed by atoms with van der Waals surface area (Å²) in [5.74, 6) is -3.03. The molecule has 0 aliphatic rings. The van der Waals surface area contributed by atoms with Crippen LogP contribution in [-0.2, 0) is 30.3 Å². The maximum Gasteiger partial charge on any atom is 0.339 e. The Balaban J connectivity index is 2.42. The molecule has 2 rings (SSSR count). The third kappa shape index (κ3) is 8.01. The van der Waals surface area contributed by atoms with Gasteiger partial charge in [0.05, 0.1) is 0 Å². The van der Waals surface area contributed by atoms with Gasteiger partial charge in [-0.05, 0) is 76.4 Å². The topological polar surface area (TPSA) is 140 Å². The van der Waals surface area contributed by atoms with E-state index in [1.807, 2.05) is 65.7 Å². The van der Waals surface area contributed by atoms with E-state index in [-0.39, 0.29) is 23.3 Å². The Kier molecular flexibility index (Phi) is 12.4. The van der Waals surface area contributed by atoms with Crippen LogP contribution in [0.25, 0.3) is 0 Å². The number of hydrogen-bond donors (Lipinski definition) is 4. The fourth-order valence-electron chi connectivity index (χ4n) is 5.80. The molecule has 0 bridgehead atoms. The van der Waals surface area contributed by atoms with Crippen molar-refractivity contribution in [1.82, 2.24) is 9.80 Å². The molecule has 234 valence electrons. The van der Waals surface area contributed by atoms with Crippen LogP contribution in [0.15, 0.2) is 48.5 Å². The van der Waals surface area contributed by atoms with Crippen LogP contribution in [0.5, 0.6) is 11.5 Å². The van der Waals surface area contributed by atoms with Crippen LogP contribution in [0.3, 0.4) is 0 Å². The highest BCUT2D eigenvalue weighted by molar-refractivity contribution is 5.85. The molecular formula is C32H48N2O8. The number of phenols is 2. The van der Waals surface area contributed by atoms with Crippen LogP contribution < -0.4 is 0 Å². The lowest BCUT2D eigenvalue weighted by Crippen LogP contribution is -2.50. The van der Waals surface area contributed by atoms with E-state index in [0.29, 0.717) is 37.1 Å². The Hall–Kier alpha value is -3.18. The first-order chi connectivity index (χ1) is 19.6. The highest BCUT2D eigenvalue weighted by atomic mass is 16.6. The Morgan fingerprint density at radius 3 is 1.31 bits per heavy atom. The normalized spacial score (nSPS) is 17.5. The highest BCUT2D eigenvalue weighted by Gasteiger charge is 2.47. The molecule has 0 heterocycles. The Labute approximate surface area is 249 Å². The number of benzene rings is 2. The van der Waals surface area contributed by atoms with Gasteiger partial charge in [-0.25, -0.2) is 9.59 Å². The van der Waals surface area contributed by atoms with Crippen molar-refractivity contribution < 1.29 is 39.5 Å². The Bertz CT molecular complexity index is 1100. The zero-order valence-electron chi connectivity index (χ0n) is 26.1. The molecule has 0 saturated heterocycles. The molecule has 0 aliphatic heterocycles. The van der Waals surface area contributed by atoms with Gasteiger partial charge in [0.15, 0.2) is 12.2 Å². The predicted octanol–water partition coefficient (Wildman–Crippen LogP) is 3.21. The minimum Gasteiger partial charge on any atom is -0.508 e. The summed E-state index contributed by atoms with van der Waals surface area (Å²) >= 11 is 0. The molecule has 10 nitrogen and oxygen atoms in total. The first-order valence-corrected chi connectivity index (χ1v) is 14.3. The second-order valence-corrected chi connectivity index (χ2v) is 11.6. The number of aromatic hydroxyl groups is 2. The number of carbonyl (C=O) groups excluding carboxylic acids is 2. The number of phenolic OH excluding ortho intramolecular Hbond substituents is 2. The van der Waals surface area contributed by atoms with Gasteiger partial charge in [-0.2, -0.15) is 0 Å². The van der Waals surface area contributed by atoms with Gasteiger partial charge in [0.2, 0.25) is 0 Å². The van der Waals surface area contributed by atoms with E-state index in [0.717, 1.165) is 0 Å². The van der Waals surface area contributed by atoms with Gasteiger partial charge >= 0.3 is 11.9 Å². The average Bonchev–Trinajstić information content (AvgIpc) is 2.92. The minimum absolute atomic E-state index is 0.0164. The fraction of sp³-hybridized carbons (Fsp3) is 0.562. The van der Waals surface area contributed by atoms with Crippen molar-refractivity contribution in [3.8, 4) is 11.5 Å². The zero-order chi connectivity index (χ0) is 31.8. The molecule has 0 spiro atoms. The van der Waals surface area contributed by atoms with Gasteiger partial charge < -0.3 is 39.7 Å². The zero-order valence-corrected chi connectivity index (χ0v) is 26.1. The summed E-state index contributed by atoms with van der Waals surface area (Å²) in [4.78, 5) is 30.6.